The number of hydrogen-bond donors (Lipinski definition) is 0. The molecular weight excluding hydrogens is 281 g/mol. The van der Waals surface area contributed by atoms with Crippen LogP contribution in [0, 0.1) is 24.2 Å². The summed E-state index contributed by atoms with van der Waals surface area (Å²) in [6, 6.07) is 11.3. The molecular formula is C16H18Y. The first kappa shape index (κ1) is 12.2. The van der Waals surface area contributed by atoms with E-state index in [9.17, 15) is 0 Å². The summed E-state index contributed by atoms with van der Waals surface area (Å²) in [5.41, 5.74) is 2.13. The van der Waals surface area contributed by atoms with E-state index in [1.165, 1.54) is 32.1 Å². The topological polar surface area (TPSA) is 0 Å². The molecule has 1 aromatic rings. The third-order valence-electron chi connectivity index (χ3n) is 4.93. The van der Waals surface area contributed by atoms with Crippen LogP contribution in [0.15, 0.2) is 30.3 Å². The van der Waals surface area contributed by atoms with E-state index in [-0.39, 0.29) is 32.7 Å². The Bertz CT molecular complexity index is 360. The van der Waals surface area contributed by atoms with Crippen LogP contribution in [0.2, 0.25) is 0 Å². The van der Waals surface area contributed by atoms with Gasteiger partial charge in [-0.1, -0.05) is 30.3 Å². The maximum atomic E-state index is 2.66. The predicted octanol–water partition coefficient (Wildman–Crippen LogP) is 3.92. The Morgan fingerprint density at radius 3 is 2.29 bits per heavy atom. The smallest absolute Gasteiger partial charge is 0.0768 e. The fraction of sp³-hybridized carbons (Fsp3) is 0.500. The molecule has 4 saturated carbocycles. The summed E-state index contributed by atoms with van der Waals surface area (Å²) >= 11 is 0. The Kier molecular flexibility index (Phi) is 3.16. The van der Waals surface area contributed by atoms with Gasteiger partial charge in [0.05, 0.1) is 18.3 Å². The van der Waals surface area contributed by atoms with E-state index in [0.717, 1.165) is 11.8 Å². The summed E-state index contributed by atoms with van der Waals surface area (Å²) in [6.07, 6.45) is 9.69. The largest absolute Gasteiger partial charge is 0.304 e. The fourth-order valence-electron chi connectivity index (χ4n) is 4.61. The van der Waals surface area contributed by atoms with Crippen LogP contribution in [-0.4, -0.2) is 0 Å². The van der Waals surface area contributed by atoms with Crippen LogP contribution in [0.3, 0.4) is 0 Å². The molecule has 1 radical (unpaired) electrons. The average Bonchev–Trinajstić information content (AvgIpc) is 2.28. The van der Waals surface area contributed by atoms with Crippen molar-refractivity contribution in [3.8, 4) is 0 Å². The second-order valence-electron chi connectivity index (χ2n) is 6.10. The summed E-state index contributed by atoms with van der Waals surface area (Å²) in [5.74, 6) is 3.66. The van der Waals surface area contributed by atoms with Gasteiger partial charge < -0.3 is 5.92 Å². The van der Waals surface area contributed by atoms with Crippen molar-refractivity contribution in [2.24, 2.45) is 11.8 Å². The van der Waals surface area contributed by atoms with Crippen molar-refractivity contribution < 1.29 is 32.7 Å². The Morgan fingerprint density at radius 2 is 1.71 bits per heavy atom. The minimum Gasteiger partial charge on any atom is -0.304 e. The van der Waals surface area contributed by atoms with E-state index in [4.69, 9.17) is 0 Å². The van der Waals surface area contributed by atoms with Gasteiger partial charge in [-0.05, 0) is 23.8 Å². The van der Waals surface area contributed by atoms with Crippen molar-refractivity contribution in [2.75, 3.05) is 0 Å². The molecule has 0 nitrogen and oxygen atoms in total. The van der Waals surface area contributed by atoms with E-state index in [2.05, 4.69) is 36.8 Å². The van der Waals surface area contributed by atoms with E-state index in [0.29, 0.717) is 5.41 Å². The van der Waals surface area contributed by atoms with E-state index >= 15 is 0 Å². The quantitative estimate of drug-likeness (QED) is 0.689. The molecule has 0 heterocycles. The molecule has 4 aliphatic carbocycles. The molecule has 2 atom stereocenters. The molecule has 5 rings (SSSR count). The van der Waals surface area contributed by atoms with Crippen LogP contribution in [0.5, 0.6) is 0 Å². The van der Waals surface area contributed by atoms with Gasteiger partial charge in [-0.2, -0.15) is 6.42 Å². The Morgan fingerprint density at radius 1 is 1.06 bits per heavy atom. The van der Waals surface area contributed by atoms with Crippen molar-refractivity contribution in [2.45, 2.75) is 37.5 Å². The van der Waals surface area contributed by atoms with Crippen molar-refractivity contribution in [1.29, 1.82) is 0 Å². The summed E-state index contributed by atoms with van der Waals surface area (Å²) in [4.78, 5) is 0. The van der Waals surface area contributed by atoms with Crippen molar-refractivity contribution in [3.63, 3.8) is 0 Å². The summed E-state index contributed by atoms with van der Waals surface area (Å²) < 4.78 is 0. The first-order valence-electron chi connectivity index (χ1n) is 6.58. The van der Waals surface area contributed by atoms with E-state index < -0.39 is 0 Å². The van der Waals surface area contributed by atoms with Crippen molar-refractivity contribution >= 4 is 0 Å². The van der Waals surface area contributed by atoms with Gasteiger partial charge in [0.15, 0.2) is 0 Å². The van der Waals surface area contributed by atoms with Crippen LogP contribution >= 0.6 is 0 Å². The Balaban J connectivity index is 0.000000902. The molecule has 2 unspecified atom stereocenters. The zero-order valence-electron chi connectivity index (χ0n) is 10.2. The second kappa shape index (κ2) is 4.39. The van der Waals surface area contributed by atoms with Crippen LogP contribution in [0.1, 0.15) is 37.7 Å². The monoisotopic (exact) mass is 299 g/mol. The number of rotatable bonds is 1. The maximum absolute atomic E-state index is 2.66. The molecule has 0 amide bonds. The van der Waals surface area contributed by atoms with Gasteiger partial charge in [-0.15, -0.1) is 12.8 Å². The normalized spacial score (nSPS) is 38.6. The van der Waals surface area contributed by atoms with Gasteiger partial charge in [-0.25, -0.2) is 0 Å². The third kappa shape index (κ3) is 1.92. The molecule has 4 fully saturated rings. The SMILES string of the molecule is [Y].c1ccc(C23C[C-]4CC([CH+]C(C4)C2)C3)cc1. The zero-order chi connectivity index (χ0) is 10.6. The Hall–Kier alpha value is 0.194. The van der Waals surface area contributed by atoms with Gasteiger partial charge in [-0.3, -0.25) is 0 Å². The molecule has 0 aliphatic heterocycles. The van der Waals surface area contributed by atoms with Gasteiger partial charge in [0, 0.05) is 32.7 Å². The van der Waals surface area contributed by atoms with Crippen molar-refractivity contribution in [3.05, 3.63) is 48.2 Å². The fourth-order valence-corrected chi connectivity index (χ4v) is 4.61. The van der Waals surface area contributed by atoms with Gasteiger partial charge in [0.2, 0.25) is 0 Å². The first-order chi connectivity index (χ1) is 7.84. The van der Waals surface area contributed by atoms with E-state index in [1.807, 2.05) is 5.92 Å². The molecule has 0 N–H and O–H groups in total. The second-order valence-corrected chi connectivity index (χ2v) is 6.10. The van der Waals surface area contributed by atoms with Crippen LogP contribution in [0.4, 0.5) is 0 Å². The van der Waals surface area contributed by atoms with Crippen LogP contribution < -0.4 is 0 Å². The molecule has 4 bridgehead atoms. The molecule has 0 saturated heterocycles. The molecule has 0 spiro atoms. The standard InChI is InChI=1S/C16H18.Y/c1-2-4-15(5-3-1)16-9-12-6-13(10-16)8-14(7-12)11-16;/h1-6,12-13H,7-11H2;. The Labute approximate surface area is 129 Å². The first-order valence-corrected chi connectivity index (χ1v) is 6.58. The number of benzene rings is 1. The van der Waals surface area contributed by atoms with E-state index in [1.54, 1.807) is 5.56 Å². The van der Waals surface area contributed by atoms with Gasteiger partial charge in [0.25, 0.3) is 0 Å². The predicted molar refractivity (Wildman–Crippen MR) is 65.7 cm³/mol. The minimum absolute atomic E-state index is 0. The van der Waals surface area contributed by atoms with Crippen molar-refractivity contribution in [1.82, 2.24) is 0 Å². The van der Waals surface area contributed by atoms with Crippen LogP contribution in [-0.2, 0) is 38.1 Å². The third-order valence-corrected chi connectivity index (χ3v) is 4.93. The molecule has 1 aromatic carbocycles. The molecule has 0 aromatic heterocycles. The van der Waals surface area contributed by atoms with Crippen LogP contribution in [0.25, 0.3) is 0 Å². The average molecular weight is 299 g/mol. The summed E-state index contributed by atoms with van der Waals surface area (Å²) in [5, 5.41) is 0. The zero-order valence-corrected chi connectivity index (χ0v) is 13.1. The molecule has 85 valence electrons. The van der Waals surface area contributed by atoms with Gasteiger partial charge >= 0.3 is 0 Å². The molecule has 17 heavy (non-hydrogen) atoms. The molecule has 1 heteroatoms. The maximum Gasteiger partial charge on any atom is 0.0768 e. The minimum atomic E-state index is 0. The summed E-state index contributed by atoms with van der Waals surface area (Å²) in [7, 11) is 0. The van der Waals surface area contributed by atoms with Gasteiger partial charge in [0.1, 0.15) is 0 Å². The molecule has 4 aliphatic rings. The number of hydrogen-bond acceptors (Lipinski definition) is 0. The summed E-state index contributed by atoms with van der Waals surface area (Å²) in [6.45, 7) is 0.